The molecular formula is C15H15Br3ClNS. The van der Waals surface area contributed by atoms with Crippen LogP contribution in [0.25, 0.3) is 0 Å². The van der Waals surface area contributed by atoms with Gasteiger partial charge in [0.2, 0.25) is 0 Å². The molecule has 2 aromatic rings. The Morgan fingerprint density at radius 3 is 2.57 bits per heavy atom. The lowest BCUT2D eigenvalue weighted by molar-refractivity contribution is 0.529. The van der Waals surface area contributed by atoms with Gasteiger partial charge in [0.1, 0.15) is 0 Å². The van der Waals surface area contributed by atoms with Crippen molar-refractivity contribution < 1.29 is 0 Å². The largest absolute Gasteiger partial charge is 0.310 e. The van der Waals surface area contributed by atoms with Crippen LogP contribution in [0.5, 0.6) is 0 Å². The van der Waals surface area contributed by atoms with Crippen molar-refractivity contribution in [3.8, 4) is 0 Å². The molecule has 0 saturated carbocycles. The van der Waals surface area contributed by atoms with Gasteiger partial charge < -0.3 is 5.32 Å². The Morgan fingerprint density at radius 2 is 2.00 bits per heavy atom. The lowest BCUT2D eigenvalue weighted by Crippen LogP contribution is -2.24. The van der Waals surface area contributed by atoms with Crippen LogP contribution in [-0.4, -0.2) is 6.54 Å². The zero-order valence-electron chi connectivity index (χ0n) is 11.4. The molecule has 2 rings (SSSR count). The van der Waals surface area contributed by atoms with Crippen LogP contribution in [0.2, 0.25) is 5.02 Å². The van der Waals surface area contributed by atoms with Crippen molar-refractivity contribution in [2.75, 3.05) is 6.54 Å². The molecule has 0 fully saturated rings. The van der Waals surface area contributed by atoms with E-state index in [0.717, 1.165) is 42.0 Å². The highest BCUT2D eigenvalue weighted by Gasteiger charge is 2.18. The Labute approximate surface area is 159 Å². The van der Waals surface area contributed by atoms with Crippen molar-refractivity contribution >= 4 is 70.7 Å². The minimum absolute atomic E-state index is 0.251. The third kappa shape index (κ3) is 5.05. The van der Waals surface area contributed by atoms with Crippen molar-refractivity contribution in [3.05, 3.63) is 52.5 Å². The minimum Gasteiger partial charge on any atom is -0.310 e. The molecule has 1 nitrogen and oxygen atoms in total. The first-order valence-electron chi connectivity index (χ1n) is 6.63. The van der Waals surface area contributed by atoms with E-state index in [1.165, 1.54) is 5.56 Å². The molecule has 0 saturated heterocycles. The number of benzene rings is 1. The lowest BCUT2D eigenvalue weighted by Gasteiger charge is -2.19. The molecule has 0 amide bonds. The lowest BCUT2D eigenvalue weighted by atomic mass is 10.0. The molecule has 1 N–H and O–H groups in total. The third-order valence-electron chi connectivity index (χ3n) is 3.14. The molecular weight excluding hydrogens is 501 g/mol. The summed E-state index contributed by atoms with van der Waals surface area (Å²) in [7, 11) is 0. The average Bonchev–Trinajstić information content (AvgIpc) is 2.76. The van der Waals surface area contributed by atoms with E-state index in [1.54, 1.807) is 11.3 Å². The number of rotatable bonds is 6. The third-order valence-corrected chi connectivity index (χ3v) is 6.37. The van der Waals surface area contributed by atoms with Gasteiger partial charge in [0, 0.05) is 15.5 Å². The van der Waals surface area contributed by atoms with Gasteiger partial charge in [0.05, 0.1) is 7.57 Å². The molecule has 0 aliphatic heterocycles. The summed E-state index contributed by atoms with van der Waals surface area (Å²) in [6, 6.07) is 8.50. The van der Waals surface area contributed by atoms with Crippen molar-refractivity contribution in [1.82, 2.24) is 5.32 Å². The van der Waals surface area contributed by atoms with E-state index in [1.807, 2.05) is 12.1 Å². The van der Waals surface area contributed by atoms with Crippen molar-refractivity contribution in [2.24, 2.45) is 0 Å². The monoisotopic (exact) mass is 513 g/mol. The molecule has 21 heavy (non-hydrogen) atoms. The first-order chi connectivity index (χ1) is 10.0. The van der Waals surface area contributed by atoms with Crippen molar-refractivity contribution in [3.63, 3.8) is 0 Å². The highest BCUT2D eigenvalue weighted by atomic mass is 79.9. The Bertz CT molecular complexity index is 615. The molecule has 1 aromatic heterocycles. The number of hydrogen-bond donors (Lipinski definition) is 1. The maximum Gasteiger partial charge on any atom is 0.0758 e. The molecule has 1 unspecified atom stereocenters. The normalized spacial score (nSPS) is 12.6. The fourth-order valence-corrected chi connectivity index (χ4v) is 5.83. The molecule has 0 aliphatic carbocycles. The molecule has 6 heteroatoms. The van der Waals surface area contributed by atoms with Crippen LogP contribution >= 0.6 is 70.7 Å². The predicted octanol–water partition coefficient (Wildman–Crippen LogP) is 6.97. The standard InChI is InChI=1S/C15H15Br3ClNS/c1-2-5-20-13(11-8-14(17)21-15(11)18)6-9-3-4-10(16)7-12(9)19/h3-4,7-8,13,20H,2,5-6H2,1H3. The van der Waals surface area contributed by atoms with Gasteiger partial charge in [-0.15, -0.1) is 11.3 Å². The smallest absolute Gasteiger partial charge is 0.0758 e. The summed E-state index contributed by atoms with van der Waals surface area (Å²) >= 11 is 18.7. The molecule has 0 radical (unpaired) electrons. The summed E-state index contributed by atoms with van der Waals surface area (Å²) in [6.07, 6.45) is 1.97. The zero-order valence-corrected chi connectivity index (χ0v) is 17.8. The maximum atomic E-state index is 6.36. The van der Waals surface area contributed by atoms with Gasteiger partial charge in [-0.2, -0.15) is 0 Å². The van der Waals surface area contributed by atoms with E-state index >= 15 is 0 Å². The van der Waals surface area contributed by atoms with Crippen molar-refractivity contribution in [2.45, 2.75) is 25.8 Å². The van der Waals surface area contributed by atoms with Gasteiger partial charge in [-0.05, 0) is 80.6 Å². The molecule has 1 heterocycles. The second-order valence-electron chi connectivity index (χ2n) is 4.73. The van der Waals surface area contributed by atoms with E-state index in [4.69, 9.17) is 11.6 Å². The first-order valence-corrected chi connectivity index (χ1v) is 10.2. The number of thiophene rings is 1. The SMILES string of the molecule is CCCNC(Cc1ccc(Br)cc1Cl)c1cc(Br)sc1Br. The Balaban J connectivity index is 2.26. The van der Waals surface area contributed by atoms with E-state index in [-0.39, 0.29) is 6.04 Å². The van der Waals surface area contributed by atoms with Crippen molar-refractivity contribution in [1.29, 1.82) is 0 Å². The summed E-state index contributed by atoms with van der Waals surface area (Å²) in [5, 5.41) is 4.42. The Hall–Kier alpha value is 0.610. The van der Waals surface area contributed by atoms with Gasteiger partial charge in [-0.3, -0.25) is 0 Å². The Kier molecular flexibility index (Phi) is 7.23. The maximum absolute atomic E-state index is 6.36. The number of hydrogen-bond acceptors (Lipinski definition) is 2. The van der Waals surface area contributed by atoms with Gasteiger partial charge in [0.25, 0.3) is 0 Å². The molecule has 1 atom stereocenters. The fourth-order valence-electron chi connectivity index (χ4n) is 2.11. The predicted molar refractivity (Wildman–Crippen MR) is 104 cm³/mol. The fraction of sp³-hybridized carbons (Fsp3) is 0.333. The van der Waals surface area contributed by atoms with E-state index in [0.29, 0.717) is 0 Å². The Morgan fingerprint density at radius 1 is 1.24 bits per heavy atom. The van der Waals surface area contributed by atoms with Crippen LogP contribution in [0, 0.1) is 0 Å². The van der Waals surface area contributed by atoms with Crippen LogP contribution in [0.1, 0.15) is 30.5 Å². The van der Waals surface area contributed by atoms with E-state index in [2.05, 4.69) is 72.2 Å². The highest BCUT2D eigenvalue weighted by molar-refractivity contribution is 9.12. The second kappa shape index (κ2) is 8.46. The number of nitrogens with one attached hydrogen (secondary N) is 1. The summed E-state index contributed by atoms with van der Waals surface area (Å²) in [6.45, 7) is 3.16. The molecule has 0 spiro atoms. The van der Waals surface area contributed by atoms with Gasteiger partial charge in [-0.1, -0.05) is 40.5 Å². The van der Waals surface area contributed by atoms with Crippen LogP contribution in [-0.2, 0) is 6.42 Å². The summed E-state index contributed by atoms with van der Waals surface area (Å²) in [4.78, 5) is 0. The number of halogens is 4. The van der Waals surface area contributed by atoms with Crippen LogP contribution in [0.3, 0.4) is 0 Å². The first kappa shape index (κ1) is 18.0. The summed E-state index contributed by atoms with van der Waals surface area (Å²) in [5.74, 6) is 0. The topological polar surface area (TPSA) is 12.0 Å². The van der Waals surface area contributed by atoms with E-state index in [9.17, 15) is 0 Å². The zero-order chi connectivity index (χ0) is 15.4. The van der Waals surface area contributed by atoms with Gasteiger partial charge in [0.15, 0.2) is 0 Å². The molecule has 1 aromatic carbocycles. The van der Waals surface area contributed by atoms with E-state index < -0.39 is 0 Å². The summed E-state index contributed by atoms with van der Waals surface area (Å²) < 4.78 is 3.31. The van der Waals surface area contributed by atoms with Gasteiger partial charge in [-0.25, -0.2) is 0 Å². The van der Waals surface area contributed by atoms with Crippen LogP contribution in [0.15, 0.2) is 36.3 Å². The summed E-state index contributed by atoms with van der Waals surface area (Å²) in [5.41, 5.74) is 2.43. The highest BCUT2D eigenvalue weighted by Crippen LogP contribution is 2.37. The second-order valence-corrected chi connectivity index (χ2v) is 9.80. The molecule has 0 bridgehead atoms. The molecule has 0 aliphatic rings. The van der Waals surface area contributed by atoms with Crippen LogP contribution in [0.4, 0.5) is 0 Å². The average molecular weight is 517 g/mol. The quantitative estimate of drug-likeness (QED) is 0.437. The minimum atomic E-state index is 0.251. The molecule has 114 valence electrons. The van der Waals surface area contributed by atoms with Gasteiger partial charge >= 0.3 is 0 Å². The van der Waals surface area contributed by atoms with Crippen LogP contribution < -0.4 is 5.32 Å².